The van der Waals surface area contributed by atoms with Crippen LogP contribution in [0.25, 0.3) is 0 Å². The second-order valence-electron chi connectivity index (χ2n) is 4.99. The number of nitrogens with zero attached hydrogens (tertiary/aromatic N) is 4. The molecular weight excluding hydrogens is 371 g/mol. The van der Waals surface area contributed by atoms with Crippen molar-refractivity contribution in [1.82, 2.24) is 4.90 Å². The lowest BCUT2D eigenvalue weighted by Crippen LogP contribution is -2.27. The zero-order valence-corrected chi connectivity index (χ0v) is 13.6. The normalized spacial score (nSPS) is 19.2. The first-order valence-corrected chi connectivity index (χ1v) is 8.65. The SMILES string of the molecule is CCC1=IN([O-])c2ccc3c(c2[N+]([O-])=N1)CN(C)CC3. The van der Waals surface area contributed by atoms with Crippen LogP contribution in [0, 0.1) is 10.4 Å². The van der Waals surface area contributed by atoms with Gasteiger partial charge in [0.25, 0.3) is 5.69 Å². The van der Waals surface area contributed by atoms with Crippen LogP contribution in [0.5, 0.6) is 0 Å². The zero-order chi connectivity index (χ0) is 14.3. The van der Waals surface area contributed by atoms with E-state index in [1.165, 1.54) is 0 Å². The first-order chi connectivity index (χ1) is 9.60. The molecule has 7 heteroatoms. The second kappa shape index (κ2) is 5.38. The van der Waals surface area contributed by atoms with Crippen LogP contribution in [0.4, 0.5) is 11.4 Å². The monoisotopic (exact) mass is 387 g/mol. The predicted molar refractivity (Wildman–Crippen MR) is 87.4 cm³/mol. The van der Waals surface area contributed by atoms with E-state index in [2.05, 4.69) is 10.0 Å². The Morgan fingerprint density at radius 2 is 2.25 bits per heavy atom. The van der Waals surface area contributed by atoms with Gasteiger partial charge in [0.1, 0.15) is 5.69 Å². The third kappa shape index (κ3) is 2.33. The van der Waals surface area contributed by atoms with Crippen molar-refractivity contribution in [3.63, 3.8) is 0 Å². The Bertz CT molecular complexity index is 615. The third-order valence-corrected chi connectivity index (χ3v) is 6.09. The largest absolute Gasteiger partial charge is 0.749 e. The van der Waals surface area contributed by atoms with Gasteiger partial charge in [0, 0.05) is 44.8 Å². The molecule has 0 aromatic heterocycles. The van der Waals surface area contributed by atoms with Crippen molar-refractivity contribution >= 4 is 36.0 Å². The summed E-state index contributed by atoms with van der Waals surface area (Å²) < 4.78 is 1.71. The van der Waals surface area contributed by atoms with Gasteiger partial charge in [-0.1, -0.05) is 13.0 Å². The summed E-state index contributed by atoms with van der Waals surface area (Å²) in [4.78, 5) is 2.83. The quantitative estimate of drug-likeness (QED) is 0.322. The number of hydrogen-bond acceptors (Lipinski definition) is 5. The maximum absolute atomic E-state index is 12.4. The molecule has 2 heterocycles. The highest BCUT2D eigenvalue weighted by Crippen LogP contribution is 2.40. The van der Waals surface area contributed by atoms with Gasteiger partial charge in [-0.05, 0) is 36.4 Å². The Hall–Kier alpha value is -1.06. The minimum Gasteiger partial charge on any atom is -0.749 e. The van der Waals surface area contributed by atoms with E-state index in [0.717, 1.165) is 31.0 Å². The van der Waals surface area contributed by atoms with E-state index in [1.807, 2.05) is 20.0 Å². The molecule has 1 aromatic rings. The van der Waals surface area contributed by atoms with Gasteiger partial charge in [-0.25, -0.2) is 0 Å². The molecule has 0 saturated carbocycles. The number of benzene rings is 1. The lowest BCUT2D eigenvalue weighted by molar-refractivity contribution is -0.432. The smallest absolute Gasteiger partial charge is 0.272 e. The van der Waals surface area contributed by atoms with E-state index >= 15 is 0 Å². The van der Waals surface area contributed by atoms with E-state index < -0.39 is 21.0 Å². The van der Waals surface area contributed by atoms with E-state index in [4.69, 9.17) is 0 Å². The molecule has 0 saturated heterocycles. The molecule has 3 rings (SSSR count). The van der Waals surface area contributed by atoms with Crippen molar-refractivity contribution in [1.29, 1.82) is 0 Å². The van der Waals surface area contributed by atoms with Crippen molar-refractivity contribution < 1.29 is 4.86 Å². The Labute approximate surface area is 127 Å². The summed E-state index contributed by atoms with van der Waals surface area (Å²) >= 11 is -0.911. The average Bonchev–Trinajstić information content (AvgIpc) is 2.56. The lowest BCUT2D eigenvalue weighted by Gasteiger charge is -2.29. The zero-order valence-electron chi connectivity index (χ0n) is 11.5. The number of halogens is 1. The van der Waals surface area contributed by atoms with E-state index in [0.29, 0.717) is 29.2 Å². The summed E-state index contributed by atoms with van der Waals surface area (Å²) in [5.74, 6) is 0. The van der Waals surface area contributed by atoms with Crippen molar-refractivity contribution in [2.75, 3.05) is 16.9 Å². The Kier molecular flexibility index (Phi) is 3.74. The first kappa shape index (κ1) is 13.9. The molecule has 1 aromatic carbocycles. The third-order valence-electron chi connectivity index (χ3n) is 3.60. The molecule has 0 radical (unpaired) electrons. The van der Waals surface area contributed by atoms with Gasteiger partial charge in [0.15, 0.2) is 3.63 Å². The van der Waals surface area contributed by atoms with Crippen molar-refractivity contribution in [3.8, 4) is 0 Å². The van der Waals surface area contributed by atoms with Gasteiger partial charge in [0.2, 0.25) is 0 Å². The van der Waals surface area contributed by atoms with E-state index in [-0.39, 0.29) is 0 Å². The van der Waals surface area contributed by atoms with Gasteiger partial charge < -0.3 is 18.6 Å². The molecule has 2 aliphatic rings. The fourth-order valence-electron chi connectivity index (χ4n) is 2.52. The van der Waals surface area contributed by atoms with Crippen LogP contribution < -0.4 is 3.28 Å². The fourth-order valence-corrected chi connectivity index (χ4v) is 4.31. The number of hydrogen-bond donors (Lipinski definition) is 0. The molecule has 0 aliphatic carbocycles. The molecule has 0 N–H and O–H groups in total. The van der Waals surface area contributed by atoms with Gasteiger partial charge in [-0.15, -0.1) is 0 Å². The standard InChI is InChI=1S/C13H16IN4O2/c1-3-12-14-17(19)11-5-4-9-6-7-16(2)8-10(9)13(11)18(20)15-12/h4-5H,3,6-8H2,1-2H3/q-1. The van der Waals surface area contributed by atoms with Crippen molar-refractivity contribution in [2.24, 2.45) is 5.11 Å². The van der Waals surface area contributed by atoms with Crippen LogP contribution in [0.15, 0.2) is 17.2 Å². The molecule has 6 nitrogen and oxygen atoms in total. The number of likely N-dealkylation sites (N-methyl/N-ethyl adjacent to an activating group) is 1. The van der Waals surface area contributed by atoms with Crippen LogP contribution in [-0.2, 0) is 13.0 Å². The lowest BCUT2D eigenvalue weighted by atomic mass is 9.97. The van der Waals surface area contributed by atoms with Gasteiger partial charge >= 0.3 is 0 Å². The molecule has 0 atom stereocenters. The minimum atomic E-state index is -0.911. The summed E-state index contributed by atoms with van der Waals surface area (Å²) in [7, 11) is 2.02. The van der Waals surface area contributed by atoms with Crippen LogP contribution in [0.2, 0.25) is 0 Å². The highest BCUT2D eigenvalue weighted by atomic mass is 127. The maximum Gasteiger partial charge on any atom is 0.272 e. The van der Waals surface area contributed by atoms with Crippen LogP contribution in [0.1, 0.15) is 24.5 Å². The topological polar surface area (TPSA) is 68.0 Å². The Balaban J connectivity index is 2.19. The maximum atomic E-state index is 12.4. The second-order valence-corrected chi connectivity index (χ2v) is 7.59. The summed E-state index contributed by atoms with van der Waals surface area (Å²) in [6, 6.07) is 3.77. The molecule has 0 amide bonds. The van der Waals surface area contributed by atoms with Crippen LogP contribution in [0.3, 0.4) is 0 Å². The molecule has 0 fully saturated rings. The first-order valence-electron chi connectivity index (χ1n) is 6.60. The predicted octanol–water partition coefficient (Wildman–Crippen LogP) is 3.01. The fraction of sp³-hybridized carbons (Fsp3) is 0.462. The highest BCUT2D eigenvalue weighted by Gasteiger charge is 2.27. The molecule has 2 aliphatic heterocycles. The number of rotatable bonds is 1. The molecule has 20 heavy (non-hydrogen) atoms. The number of azo groups is 1. The summed E-state index contributed by atoms with van der Waals surface area (Å²) in [5, 5.41) is 28.8. The molecule has 0 spiro atoms. The number of anilines is 1. The van der Waals surface area contributed by atoms with Gasteiger partial charge in [0.05, 0.1) is 0 Å². The molecule has 0 bridgehead atoms. The molecule has 0 unspecified atom stereocenters. The highest BCUT2D eigenvalue weighted by molar-refractivity contribution is 14.2. The summed E-state index contributed by atoms with van der Waals surface area (Å²) in [6.07, 6.45) is 1.56. The average molecular weight is 387 g/mol. The van der Waals surface area contributed by atoms with Crippen molar-refractivity contribution in [3.05, 3.63) is 33.7 Å². The Morgan fingerprint density at radius 3 is 3.00 bits per heavy atom. The van der Waals surface area contributed by atoms with Crippen molar-refractivity contribution in [2.45, 2.75) is 26.3 Å². The molecular formula is C13H16IN4O2-. The number of fused-ring (bicyclic) bond motifs is 3. The van der Waals surface area contributed by atoms with Gasteiger partial charge in [-0.3, -0.25) is 0 Å². The summed E-state index contributed by atoms with van der Waals surface area (Å²) in [6.45, 7) is 3.60. The molecule has 108 valence electrons. The minimum absolute atomic E-state index is 0.451. The van der Waals surface area contributed by atoms with Crippen LogP contribution in [-0.4, -0.2) is 27.0 Å². The van der Waals surface area contributed by atoms with Crippen LogP contribution >= 0.6 is 21.0 Å². The van der Waals surface area contributed by atoms with E-state index in [9.17, 15) is 10.4 Å². The summed E-state index contributed by atoms with van der Waals surface area (Å²) in [5.41, 5.74) is 3.04. The Morgan fingerprint density at radius 1 is 1.45 bits per heavy atom. The van der Waals surface area contributed by atoms with Gasteiger partial charge in [-0.2, -0.15) is 0 Å². The van der Waals surface area contributed by atoms with E-state index in [1.54, 1.807) is 6.07 Å².